The number of methoxy groups -OCH3 is 1. The molecule has 0 fully saturated rings. The van der Waals surface area contributed by atoms with Crippen molar-refractivity contribution in [3.05, 3.63) is 85.1 Å². The van der Waals surface area contributed by atoms with E-state index in [1.807, 2.05) is 6.07 Å². The first-order valence-corrected chi connectivity index (χ1v) is 11.4. The van der Waals surface area contributed by atoms with Gasteiger partial charge in [0.25, 0.3) is 11.2 Å². The summed E-state index contributed by atoms with van der Waals surface area (Å²) >= 11 is 3.40. The molecule has 0 bridgehead atoms. The summed E-state index contributed by atoms with van der Waals surface area (Å²) in [5.74, 6) is 1.74. The lowest BCUT2D eigenvalue weighted by Crippen LogP contribution is -2.22. The van der Waals surface area contributed by atoms with Gasteiger partial charge >= 0.3 is 0 Å². The molecule has 0 aliphatic heterocycles. The van der Waals surface area contributed by atoms with Gasteiger partial charge in [0.15, 0.2) is 0 Å². The molecule has 0 aliphatic carbocycles. The predicted octanol–water partition coefficient (Wildman–Crippen LogP) is 5.56. The Bertz CT molecular complexity index is 1460. The van der Waals surface area contributed by atoms with E-state index in [2.05, 4.69) is 32.9 Å². The maximum atomic E-state index is 13.2. The van der Waals surface area contributed by atoms with Crippen LogP contribution in [0.15, 0.2) is 67.3 Å². The lowest BCUT2D eigenvalue weighted by atomic mass is 10.1. The van der Waals surface area contributed by atoms with Gasteiger partial charge in [-0.15, -0.1) is 0 Å². The minimum absolute atomic E-state index is 0.0802. The summed E-state index contributed by atoms with van der Waals surface area (Å²) < 4.78 is 13.2. The number of aryl methyl sites for hydroxylation is 1. The van der Waals surface area contributed by atoms with E-state index in [9.17, 15) is 14.9 Å². The summed E-state index contributed by atoms with van der Waals surface area (Å²) in [5, 5.41) is 15.9. The second-order valence-corrected chi connectivity index (χ2v) is 8.41. The van der Waals surface area contributed by atoms with Crippen molar-refractivity contribution in [3.8, 4) is 17.1 Å². The third kappa shape index (κ3) is 4.76. The van der Waals surface area contributed by atoms with E-state index in [-0.39, 0.29) is 11.2 Å². The topological polar surface area (TPSA) is 113 Å². The number of nitro groups is 1. The van der Waals surface area contributed by atoms with E-state index in [0.29, 0.717) is 46.0 Å². The average Bonchev–Trinajstić information content (AvgIpc) is 3.31. The monoisotopic (exact) mass is 524 g/mol. The Kier molecular flexibility index (Phi) is 6.87. The fourth-order valence-corrected chi connectivity index (χ4v) is 3.85. The first-order valence-electron chi connectivity index (χ1n) is 10.6. The van der Waals surface area contributed by atoms with Crippen molar-refractivity contribution < 1.29 is 14.1 Å². The highest BCUT2D eigenvalue weighted by atomic mass is 79.9. The van der Waals surface area contributed by atoms with E-state index < -0.39 is 4.92 Å². The molecule has 0 amide bonds. The number of halogens is 1. The number of non-ortho nitro benzene ring substituents is 1. The molecule has 2 aromatic heterocycles. The number of nitro benzene ring substituents is 1. The molecule has 9 nitrogen and oxygen atoms in total. The normalized spacial score (nSPS) is 11.4. The minimum Gasteiger partial charge on any atom is -0.496 e. The van der Waals surface area contributed by atoms with Gasteiger partial charge in [-0.3, -0.25) is 14.9 Å². The molecule has 0 unspecified atom stereocenters. The number of ether oxygens (including phenoxy) is 1. The lowest BCUT2D eigenvalue weighted by molar-refractivity contribution is -0.384. The van der Waals surface area contributed by atoms with Crippen LogP contribution in [0.3, 0.4) is 0 Å². The standard InChI is InChI=1S/C24H21BrN4O5/c1-3-4-5-23-27-20-10-6-15(25)12-19(20)24(30)28(23)26-14-17-8-11-21(34-17)18-9-7-16(29(31)32)13-22(18)33-2/h6-14H,3-5H2,1-2H3. The van der Waals surface area contributed by atoms with E-state index in [4.69, 9.17) is 9.15 Å². The van der Waals surface area contributed by atoms with E-state index in [0.717, 1.165) is 17.3 Å². The van der Waals surface area contributed by atoms with Gasteiger partial charge in [-0.25, -0.2) is 4.98 Å². The van der Waals surface area contributed by atoms with Crippen LogP contribution >= 0.6 is 15.9 Å². The molecule has 34 heavy (non-hydrogen) atoms. The van der Waals surface area contributed by atoms with Gasteiger partial charge in [-0.05, 0) is 42.8 Å². The van der Waals surface area contributed by atoms with E-state index in [1.165, 1.54) is 30.1 Å². The summed E-state index contributed by atoms with van der Waals surface area (Å²) in [6, 6.07) is 13.1. The Morgan fingerprint density at radius 1 is 1.24 bits per heavy atom. The predicted molar refractivity (Wildman–Crippen MR) is 133 cm³/mol. The number of rotatable bonds is 8. The number of aromatic nitrogens is 2. The minimum atomic E-state index is -0.490. The first-order chi connectivity index (χ1) is 16.4. The molecular formula is C24H21BrN4O5. The fraction of sp³-hybridized carbons (Fsp3) is 0.208. The van der Waals surface area contributed by atoms with Crippen molar-refractivity contribution in [1.82, 2.24) is 9.66 Å². The van der Waals surface area contributed by atoms with Crippen LogP contribution in [0.5, 0.6) is 5.75 Å². The van der Waals surface area contributed by atoms with Crippen molar-refractivity contribution in [2.45, 2.75) is 26.2 Å². The molecule has 2 heterocycles. The number of hydrogen-bond donors (Lipinski definition) is 0. The highest BCUT2D eigenvalue weighted by molar-refractivity contribution is 9.10. The van der Waals surface area contributed by atoms with Gasteiger partial charge in [0, 0.05) is 17.0 Å². The molecule has 2 aromatic carbocycles. The Morgan fingerprint density at radius 3 is 2.79 bits per heavy atom. The van der Waals surface area contributed by atoms with Gasteiger partial charge in [-0.1, -0.05) is 29.3 Å². The zero-order valence-corrected chi connectivity index (χ0v) is 20.1. The summed E-state index contributed by atoms with van der Waals surface area (Å²) in [6.07, 6.45) is 3.88. The summed E-state index contributed by atoms with van der Waals surface area (Å²) in [6.45, 7) is 2.07. The molecule has 4 rings (SSSR count). The van der Waals surface area contributed by atoms with Crippen molar-refractivity contribution >= 4 is 38.7 Å². The summed E-state index contributed by atoms with van der Waals surface area (Å²) in [4.78, 5) is 28.4. The Balaban J connectivity index is 1.71. The molecule has 174 valence electrons. The van der Waals surface area contributed by atoms with E-state index >= 15 is 0 Å². The largest absolute Gasteiger partial charge is 0.496 e. The zero-order valence-electron chi connectivity index (χ0n) is 18.5. The van der Waals surface area contributed by atoms with Crippen LogP contribution in [-0.4, -0.2) is 27.9 Å². The lowest BCUT2D eigenvalue weighted by Gasteiger charge is -2.09. The zero-order chi connectivity index (χ0) is 24.2. The van der Waals surface area contributed by atoms with Crippen molar-refractivity contribution in [2.24, 2.45) is 5.10 Å². The summed E-state index contributed by atoms with van der Waals surface area (Å²) in [7, 11) is 1.43. The number of benzene rings is 2. The Hall–Kier alpha value is -3.79. The van der Waals surface area contributed by atoms with Crippen LogP contribution in [0, 0.1) is 10.1 Å². The number of hydrogen-bond acceptors (Lipinski definition) is 7. The van der Waals surface area contributed by atoms with Crippen molar-refractivity contribution in [3.63, 3.8) is 0 Å². The number of fused-ring (bicyclic) bond motifs is 1. The SMILES string of the molecule is CCCCc1nc2ccc(Br)cc2c(=O)n1N=Cc1ccc(-c2ccc([N+](=O)[O-])cc2OC)o1. The molecule has 0 spiro atoms. The van der Waals surface area contributed by atoms with Crippen LogP contribution in [0.4, 0.5) is 5.69 Å². The molecule has 0 N–H and O–H groups in total. The average molecular weight is 525 g/mol. The maximum absolute atomic E-state index is 13.2. The highest BCUT2D eigenvalue weighted by Crippen LogP contribution is 2.34. The van der Waals surface area contributed by atoms with Crippen LogP contribution in [-0.2, 0) is 6.42 Å². The highest BCUT2D eigenvalue weighted by Gasteiger charge is 2.16. The molecular weight excluding hydrogens is 504 g/mol. The Morgan fingerprint density at radius 2 is 2.06 bits per heavy atom. The third-order valence-corrected chi connectivity index (χ3v) is 5.71. The van der Waals surface area contributed by atoms with Crippen molar-refractivity contribution in [2.75, 3.05) is 7.11 Å². The first kappa shape index (κ1) is 23.4. The van der Waals surface area contributed by atoms with Crippen molar-refractivity contribution in [1.29, 1.82) is 0 Å². The Labute approximate surface area is 203 Å². The molecule has 0 saturated carbocycles. The number of nitrogens with zero attached hydrogens (tertiary/aromatic N) is 4. The third-order valence-electron chi connectivity index (χ3n) is 5.22. The van der Waals surface area contributed by atoms with Gasteiger partial charge in [0.2, 0.25) is 0 Å². The summed E-state index contributed by atoms with van der Waals surface area (Å²) in [5.41, 5.74) is 0.836. The molecule has 0 atom stereocenters. The van der Waals surface area contributed by atoms with Gasteiger partial charge in [0.05, 0.1) is 40.8 Å². The number of furan rings is 1. The molecule has 4 aromatic rings. The van der Waals surface area contributed by atoms with Crippen LogP contribution in [0.2, 0.25) is 0 Å². The smallest absolute Gasteiger partial charge is 0.282 e. The fourth-order valence-electron chi connectivity index (χ4n) is 3.49. The van der Waals surface area contributed by atoms with Gasteiger partial charge in [0.1, 0.15) is 23.1 Å². The maximum Gasteiger partial charge on any atom is 0.282 e. The molecule has 10 heteroatoms. The quantitative estimate of drug-likeness (QED) is 0.169. The second kappa shape index (κ2) is 10.0. The van der Waals surface area contributed by atoms with Crippen LogP contribution in [0.1, 0.15) is 31.4 Å². The van der Waals surface area contributed by atoms with E-state index in [1.54, 1.807) is 30.3 Å². The van der Waals surface area contributed by atoms with Gasteiger partial charge < -0.3 is 9.15 Å². The van der Waals surface area contributed by atoms with Crippen LogP contribution in [0.25, 0.3) is 22.2 Å². The van der Waals surface area contributed by atoms with Gasteiger partial charge in [-0.2, -0.15) is 9.78 Å². The molecule has 0 aliphatic rings. The molecule has 0 saturated heterocycles. The second-order valence-electron chi connectivity index (χ2n) is 7.50. The molecule has 0 radical (unpaired) electrons. The number of unbranched alkanes of at least 4 members (excludes halogenated alkanes) is 1. The van der Waals surface area contributed by atoms with Crippen LogP contribution < -0.4 is 10.3 Å².